The molecule has 0 aromatic rings. The second-order valence-corrected chi connectivity index (χ2v) is 2.27. The number of ether oxygens (including phenoxy) is 2. The second-order valence-electron chi connectivity index (χ2n) is 2.27. The Hall–Kier alpha value is -0.520. The number of hydrogen-bond acceptors (Lipinski definition) is 2. The molecule has 0 aliphatic heterocycles. The van der Waals surface area contributed by atoms with Gasteiger partial charge in [-0.3, -0.25) is 0 Å². The van der Waals surface area contributed by atoms with Crippen LogP contribution in [0.4, 0.5) is 0 Å². The van der Waals surface area contributed by atoms with Gasteiger partial charge in [-0.15, -0.1) is 0 Å². The summed E-state index contributed by atoms with van der Waals surface area (Å²) in [5.74, 6) is 2.23. The van der Waals surface area contributed by atoms with Gasteiger partial charge in [0.05, 0.1) is 13.2 Å². The van der Waals surface area contributed by atoms with Crippen LogP contribution in [0.5, 0.6) is 0 Å². The van der Waals surface area contributed by atoms with Crippen LogP contribution in [-0.2, 0) is 9.47 Å². The Bertz CT molecular complexity index is 115. The van der Waals surface area contributed by atoms with E-state index in [-0.39, 0.29) is 6.10 Å². The van der Waals surface area contributed by atoms with Crippen LogP contribution >= 0.6 is 0 Å². The third-order valence-electron chi connectivity index (χ3n) is 1.15. The molecular formula is C9H15O2. The average molecular weight is 155 g/mol. The minimum absolute atomic E-state index is 0.208. The van der Waals surface area contributed by atoms with Gasteiger partial charge < -0.3 is 9.47 Å². The van der Waals surface area contributed by atoms with Gasteiger partial charge >= 0.3 is 0 Å². The Kier molecular flexibility index (Phi) is 7.23. The number of hydrogen-bond donors (Lipinski definition) is 0. The van der Waals surface area contributed by atoms with Crippen LogP contribution in [0.3, 0.4) is 0 Å². The van der Waals surface area contributed by atoms with Gasteiger partial charge in [-0.2, -0.15) is 0 Å². The predicted molar refractivity (Wildman–Crippen MR) is 43.7 cm³/mol. The van der Waals surface area contributed by atoms with Crippen LogP contribution in [0.2, 0.25) is 0 Å². The Balaban J connectivity index is 2.97. The zero-order valence-electron chi connectivity index (χ0n) is 7.22. The van der Waals surface area contributed by atoms with Gasteiger partial charge in [-0.25, -0.2) is 0 Å². The maximum Gasteiger partial charge on any atom is 0.116 e. The number of rotatable bonds is 6. The topological polar surface area (TPSA) is 18.5 Å². The molecule has 1 radical (unpaired) electrons. The van der Waals surface area contributed by atoms with E-state index in [1.54, 1.807) is 6.92 Å². The molecule has 0 heterocycles. The highest BCUT2D eigenvalue weighted by Crippen LogP contribution is 1.87. The average Bonchev–Trinajstić information content (AvgIpc) is 2.04. The van der Waals surface area contributed by atoms with E-state index in [9.17, 15) is 0 Å². The Morgan fingerprint density at radius 2 is 2.09 bits per heavy atom. The van der Waals surface area contributed by atoms with Crippen LogP contribution < -0.4 is 0 Å². The first kappa shape index (κ1) is 10.5. The largest absolute Gasteiger partial charge is 0.379 e. The van der Waals surface area contributed by atoms with Crippen molar-refractivity contribution < 1.29 is 9.47 Å². The fourth-order valence-electron chi connectivity index (χ4n) is 0.572. The molecule has 11 heavy (non-hydrogen) atoms. The van der Waals surface area contributed by atoms with Gasteiger partial charge in [0, 0.05) is 6.61 Å². The smallest absolute Gasteiger partial charge is 0.116 e. The third kappa shape index (κ3) is 7.38. The van der Waals surface area contributed by atoms with Crippen LogP contribution in [0.1, 0.15) is 20.3 Å². The molecular weight excluding hydrogens is 140 g/mol. The minimum atomic E-state index is -0.208. The lowest BCUT2D eigenvalue weighted by Crippen LogP contribution is -2.11. The molecule has 0 spiro atoms. The molecule has 0 amide bonds. The Labute approximate surface area is 68.9 Å². The summed E-state index contributed by atoms with van der Waals surface area (Å²) in [5, 5.41) is 0. The first-order valence-corrected chi connectivity index (χ1v) is 3.92. The Morgan fingerprint density at radius 3 is 2.64 bits per heavy atom. The summed E-state index contributed by atoms with van der Waals surface area (Å²) in [6, 6.07) is 0. The second kappa shape index (κ2) is 7.59. The lowest BCUT2D eigenvalue weighted by atomic mass is 10.4. The predicted octanol–water partition coefficient (Wildman–Crippen LogP) is 1.41. The summed E-state index contributed by atoms with van der Waals surface area (Å²) in [6.07, 6.45) is 7.54. The molecule has 0 saturated heterocycles. The van der Waals surface area contributed by atoms with Crippen molar-refractivity contribution in [1.29, 1.82) is 0 Å². The van der Waals surface area contributed by atoms with E-state index in [1.165, 1.54) is 0 Å². The van der Waals surface area contributed by atoms with Crippen molar-refractivity contribution in [3.63, 3.8) is 0 Å². The van der Waals surface area contributed by atoms with Crippen LogP contribution in [0, 0.1) is 12.3 Å². The van der Waals surface area contributed by atoms with Crippen molar-refractivity contribution in [2.24, 2.45) is 0 Å². The van der Waals surface area contributed by atoms with Crippen molar-refractivity contribution in [2.75, 3.05) is 19.8 Å². The SMILES string of the molecule is [C]#CC(C)OCCOCCC. The normalized spacial score (nSPS) is 12.5. The Morgan fingerprint density at radius 1 is 1.36 bits per heavy atom. The van der Waals surface area contributed by atoms with Crippen molar-refractivity contribution in [1.82, 2.24) is 0 Å². The van der Waals surface area contributed by atoms with E-state index in [2.05, 4.69) is 12.8 Å². The highest BCUT2D eigenvalue weighted by Gasteiger charge is 1.94. The lowest BCUT2D eigenvalue weighted by molar-refractivity contribution is 0.0328. The zero-order chi connectivity index (χ0) is 8.53. The van der Waals surface area contributed by atoms with Crippen LogP contribution in [0.25, 0.3) is 0 Å². The monoisotopic (exact) mass is 155 g/mol. The molecule has 63 valence electrons. The van der Waals surface area contributed by atoms with Crippen LogP contribution in [0.15, 0.2) is 0 Å². The van der Waals surface area contributed by atoms with E-state index < -0.39 is 0 Å². The van der Waals surface area contributed by atoms with Crippen molar-refractivity contribution in [3.8, 4) is 5.92 Å². The molecule has 0 saturated carbocycles. The molecule has 1 atom stereocenters. The summed E-state index contributed by atoms with van der Waals surface area (Å²) in [5.41, 5.74) is 0. The summed E-state index contributed by atoms with van der Waals surface area (Å²) in [7, 11) is 0. The maximum absolute atomic E-state index is 6.71. The fraction of sp³-hybridized carbons (Fsp3) is 0.778. The summed E-state index contributed by atoms with van der Waals surface area (Å²) in [4.78, 5) is 0. The van der Waals surface area contributed by atoms with Gasteiger partial charge in [0.2, 0.25) is 0 Å². The first-order valence-electron chi connectivity index (χ1n) is 3.92. The van der Waals surface area contributed by atoms with Crippen LogP contribution in [-0.4, -0.2) is 25.9 Å². The molecule has 0 fully saturated rings. The molecule has 0 aromatic heterocycles. The van der Waals surface area contributed by atoms with Gasteiger partial charge in [0.15, 0.2) is 0 Å². The van der Waals surface area contributed by atoms with E-state index in [0.29, 0.717) is 13.2 Å². The molecule has 0 aliphatic carbocycles. The van der Waals surface area contributed by atoms with E-state index in [4.69, 9.17) is 15.9 Å². The molecule has 0 rings (SSSR count). The molecule has 0 aromatic carbocycles. The van der Waals surface area contributed by atoms with E-state index >= 15 is 0 Å². The molecule has 0 aliphatic rings. The summed E-state index contributed by atoms with van der Waals surface area (Å²) in [6.45, 7) is 5.79. The first-order chi connectivity index (χ1) is 5.31. The minimum Gasteiger partial charge on any atom is -0.379 e. The summed E-state index contributed by atoms with van der Waals surface area (Å²) < 4.78 is 10.3. The van der Waals surface area contributed by atoms with Gasteiger partial charge in [-0.1, -0.05) is 12.8 Å². The highest BCUT2D eigenvalue weighted by atomic mass is 16.5. The van der Waals surface area contributed by atoms with Crippen molar-refractivity contribution in [3.05, 3.63) is 6.42 Å². The van der Waals surface area contributed by atoms with E-state index in [1.807, 2.05) is 0 Å². The standard InChI is InChI=1S/C9H15O2/c1-4-6-10-7-8-11-9(3)5-2/h9H,4,6-8H2,1,3H3. The zero-order valence-corrected chi connectivity index (χ0v) is 7.22. The lowest BCUT2D eigenvalue weighted by Gasteiger charge is -2.06. The fourth-order valence-corrected chi connectivity index (χ4v) is 0.572. The van der Waals surface area contributed by atoms with Crippen molar-refractivity contribution >= 4 is 0 Å². The molecule has 0 bridgehead atoms. The molecule has 2 heteroatoms. The highest BCUT2D eigenvalue weighted by molar-refractivity contribution is 4.84. The van der Waals surface area contributed by atoms with Gasteiger partial charge in [0.25, 0.3) is 0 Å². The molecule has 2 nitrogen and oxygen atoms in total. The quantitative estimate of drug-likeness (QED) is 0.426. The van der Waals surface area contributed by atoms with E-state index in [0.717, 1.165) is 13.0 Å². The van der Waals surface area contributed by atoms with Crippen molar-refractivity contribution in [2.45, 2.75) is 26.4 Å². The molecule has 0 N–H and O–H groups in total. The van der Waals surface area contributed by atoms with Gasteiger partial charge in [0.1, 0.15) is 6.10 Å². The maximum atomic E-state index is 6.71. The van der Waals surface area contributed by atoms with Gasteiger partial charge in [-0.05, 0) is 19.8 Å². The third-order valence-corrected chi connectivity index (χ3v) is 1.15. The molecule has 1 unspecified atom stereocenters. The summed E-state index contributed by atoms with van der Waals surface area (Å²) >= 11 is 0.